The van der Waals surface area contributed by atoms with E-state index in [-0.39, 0.29) is 6.71 Å². The number of imidazole rings is 1. The second-order valence-electron chi connectivity index (χ2n) is 12.8. The molecule has 0 saturated carbocycles. The third kappa shape index (κ3) is 3.74. The van der Waals surface area contributed by atoms with Gasteiger partial charge < -0.3 is 14.2 Å². The highest BCUT2D eigenvalue weighted by molar-refractivity contribution is 6.99. The number of aromatic nitrogens is 3. The topological polar surface area (TPSA) is 35.2 Å². The van der Waals surface area contributed by atoms with Gasteiger partial charge in [-0.25, -0.2) is 4.98 Å². The van der Waals surface area contributed by atoms with Crippen molar-refractivity contribution in [2.45, 2.75) is 0 Å². The molecular formula is C43H27BN4O. The summed E-state index contributed by atoms with van der Waals surface area (Å²) in [5, 5.41) is 2.46. The quantitative estimate of drug-likeness (QED) is 0.184. The molecule has 2 aliphatic rings. The first-order chi connectivity index (χ1) is 24.3. The van der Waals surface area contributed by atoms with Crippen molar-refractivity contribution >= 4 is 73.0 Å². The minimum atomic E-state index is 0.00445. The fraction of sp³-hybridized carbons (Fsp3) is 0. The van der Waals surface area contributed by atoms with Gasteiger partial charge in [-0.3, -0.25) is 4.57 Å². The zero-order chi connectivity index (χ0) is 32.1. The summed E-state index contributed by atoms with van der Waals surface area (Å²) in [6.07, 6.45) is 1.96. The first-order valence-electron chi connectivity index (χ1n) is 16.7. The lowest BCUT2D eigenvalue weighted by molar-refractivity contribution is 0.487. The van der Waals surface area contributed by atoms with Crippen LogP contribution in [0.2, 0.25) is 0 Å². The van der Waals surface area contributed by atoms with Crippen molar-refractivity contribution in [3.8, 4) is 22.9 Å². The van der Waals surface area contributed by atoms with E-state index in [9.17, 15) is 0 Å². The third-order valence-corrected chi connectivity index (χ3v) is 10.2. The second-order valence-corrected chi connectivity index (χ2v) is 12.8. The molecule has 7 aromatic carbocycles. The van der Waals surface area contributed by atoms with E-state index in [1.807, 2.05) is 6.33 Å². The van der Waals surface area contributed by atoms with E-state index >= 15 is 0 Å². The molecule has 6 heteroatoms. The van der Waals surface area contributed by atoms with Gasteiger partial charge in [-0.05, 0) is 71.0 Å². The van der Waals surface area contributed by atoms with Crippen LogP contribution < -0.4 is 26.0 Å². The largest absolute Gasteiger partial charge is 0.458 e. The van der Waals surface area contributed by atoms with Gasteiger partial charge in [0, 0.05) is 45.7 Å². The molecule has 0 radical (unpaired) electrons. The van der Waals surface area contributed by atoms with E-state index in [4.69, 9.17) is 9.72 Å². The number of hydrogen-bond donors (Lipinski definition) is 0. The predicted octanol–water partition coefficient (Wildman–Crippen LogP) is 8.53. The van der Waals surface area contributed by atoms with Crippen LogP contribution in [0, 0.1) is 0 Å². The molecule has 228 valence electrons. The van der Waals surface area contributed by atoms with Crippen molar-refractivity contribution < 1.29 is 4.74 Å². The Morgan fingerprint density at radius 2 is 1.22 bits per heavy atom. The number of fused-ring (bicyclic) bond motifs is 7. The molecule has 49 heavy (non-hydrogen) atoms. The second kappa shape index (κ2) is 9.99. The fourth-order valence-corrected chi connectivity index (χ4v) is 8.20. The number of rotatable bonds is 4. The molecule has 2 aliphatic heterocycles. The van der Waals surface area contributed by atoms with Gasteiger partial charge in [-0.1, -0.05) is 91.0 Å². The fourth-order valence-electron chi connectivity index (χ4n) is 8.20. The van der Waals surface area contributed by atoms with Crippen LogP contribution in [0.5, 0.6) is 11.5 Å². The first-order valence-corrected chi connectivity index (χ1v) is 16.7. The summed E-state index contributed by atoms with van der Waals surface area (Å²) in [6, 6.07) is 56.1. The van der Waals surface area contributed by atoms with E-state index in [0.717, 1.165) is 56.4 Å². The van der Waals surface area contributed by atoms with Crippen LogP contribution in [0.4, 0.5) is 17.1 Å². The van der Waals surface area contributed by atoms with Crippen LogP contribution in [0.25, 0.3) is 44.2 Å². The van der Waals surface area contributed by atoms with Crippen molar-refractivity contribution in [2.75, 3.05) is 4.90 Å². The van der Waals surface area contributed by atoms with Crippen LogP contribution in [0.1, 0.15) is 0 Å². The SMILES string of the molecule is c1ccc(N(c2ccccc2)c2ccc3c(c2)Oc2cc(-n4c5ccccc5c5ccccc54)cc4c2B3c2cccc3ncn-4c23)cc1. The molecule has 4 heterocycles. The van der Waals surface area contributed by atoms with Crippen molar-refractivity contribution in [1.29, 1.82) is 0 Å². The van der Waals surface area contributed by atoms with Crippen LogP contribution in [-0.4, -0.2) is 20.8 Å². The standard InChI is InChI=1S/C43H27BN4O/c1-3-12-28(13-4-1)47(29-14-5-2-6-15-29)30-22-23-34-40(25-30)49-41-26-31(48-37-20-9-7-16-32(37)33-17-8-10-21-38(33)48)24-39-42(41)44(34)35-18-11-19-36-43(35)46(39)27-45-36/h1-27H. The minimum absolute atomic E-state index is 0.00445. The normalized spacial score (nSPS) is 12.6. The number of benzene rings is 7. The maximum absolute atomic E-state index is 7.06. The summed E-state index contributed by atoms with van der Waals surface area (Å²) in [5.41, 5.74) is 13.4. The summed E-state index contributed by atoms with van der Waals surface area (Å²) < 4.78 is 11.7. The Morgan fingerprint density at radius 1 is 0.551 bits per heavy atom. The first kappa shape index (κ1) is 26.5. The smallest absolute Gasteiger partial charge is 0.256 e. The molecule has 2 aromatic heterocycles. The molecule has 0 N–H and O–H groups in total. The zero-order valence-electron chi connectivity index (χ0n) is 26.4. The number of para-hydroxylation sites is 5. The Bertz CT molecular complexity index is 2680. The summed E-state index contributed by atoms with van der Waals surface area (Å²) in [4.78, 5) is 7.16. The van der Waals surface area contributed by atoms with Gasteiger partial charge >= 0.3 is 0 Å². The van der Waals surface area contributed by atoms with Crippen molar-refractivity contribution in [3.63, 3.8) is 0 Å². The van der Waals surface area contributed by atoms with Gasteiger partial charge in [0.1, 0.15) is 17.8 Å². The molecule has 0 amide bonds. The Hall–Kier alpha value is -6.53. The number of ether oxygens (including phenoxy) is 1. The van der Waals surface area contributed by atoms with Crippen molar-refractivity contribution in [1.82, 2.24) is 14.1 Å². The number of anilines is 3. The molecule has 0 aliphatic carbocycles. The average Bonchev–Trinajstić information content (AvgIpc) is 3.74. The number of nitrogens with zero attached hydrogens (tertiary/aromatic N) is 4. The highest BCUT2D eigenvalue weighted by atomic mass is 16.5. The van der Waals surface area contributed by atoms with Gasteiger partial charge in [0.15, 0.2) is 0 Å². The Kier molecular flexibility index (Phi) is 5.41. The highest BCUT2D eigenvalue weighted by Gasteiger charge is 2.40. The zero-order valence-corrected chi connectivity index (χ0v) is 26.4. The minimum Gasteiger partial charge on any atom is -0.458 e. The molecular weight excluding hydrogens is 599 g/mol. The molecule has 0 fully saturated rings. The maximum Gasteiger partial charge on any atom is 0.256 e. The summed E-state index contributed by atoms with van der Waals surface area (Å²) >= 11 is 0. The van der Waals surface area contributed by atoms with Crippen molar-refractivity contribution in [3.05, 3.63) is 164 Å². The molecule has 0 atom stereocenters. The maximum atomic E-state index is 7.06. The molecule has 0 bridgehead atoms. The lowest BCUT2D eigenvalue weighted by Gasteiger charge is -2.34. The van der Waals surface area contributed by atoms with Gasteiger partial charge in [0.05, 0.1) is 27.8 Å². The van der Waals surface area contributed by atoms with Crippen LogP contribution in [0.15, 0.2) is 164 Å². The summed E-state index contributed by atoms with van der Waals surface area (Å²) in [7, 11) is 0. The van der Waals surface area contributed by atoms with E-state index < -0.39 is 0 Å². The molecule has 11 rings (SSSR count). The molecule has 9 aromatic rings. The third-order valence-electron chi connectivity index (χ3n) is 10.2. The summed E-state index contributed by atoms with van der Waals surface area (Å²) in [6.45, 7) is 0.00445. The van der Waals surface area contributed by atoms with Crippen LogP contribution in [-0.2, 0) is 0 Å². The average molecular weight is 627 g/mol. The molecule has 0 spiro atoms. The lowest BCUT2D eigenvalue weighted by Crippen LogP contribution is -2.58. The van der Waals surface area contributed by atoms with E-state index in [1.54, 1.807) is 0 Å². The lowest BCUT2D eigenvalue weighted by atomic mass is 9.34. The van der Waals surface area contributed by atoms with E-state index in [1.165, 1.54) is 32.7 Å². The molecule has 5 nitrogen and oxygen atoms in total. The Labute approximate surface area is 283 Å². The Morgan fingerprint density at radius 3 is 1.94 bits per heavy atom. The van der Waals surface area contributed by atoms with Gasteiger partial charge in [0.2, 0.25) is 0 Å². The number of hydrogen-bond acceptors (Lipinski definition) is 3. The highest BCUT2D eigenvalue weighted by Crippen LogP contribution is 2.40. The molecule has 0 saturated heterocycles. The van der Waals surface area contributed by atoms with Crippen molar-refractivity contribution in [2.24, 2.45) is 0 Å². The van der Waals surface area contributed by atoms with Crippen LogP contribution >= 0.6 is 0 Å². The predicted molar refractivity (Wildman–Crippen MR) is 201 cm³/mol. The Balaban J connectivity index is 1.17. The summed E-state index contributed by atoms with van der Waals surface area (Å²) in [5.74, 6) is 1.73. The monoisotopic (exact) mass is 626 g/mol. The van der Waals surface area contributed by atoms with Gasteiger partial charge in [-0.2, -0.15) is 0 Å². The molecule has 0 unspecified atom stereocenters. The van der Waals surface area contributed by atoms with Gasteiger partial charge in [0.25, 0.3) is 6.71 Å². The van der Waals surface area contributed by atoms with Gasteiger partial charge in [-0.15, -0.1) is 0 Å². The van der Waals surface area contributed by atoms with E-state index in [0.29, 0.717) is 0 Å². The van der Waals surface area contributed by atoms with Crippen LogP contribution in [0.3, 0.4) is 0 Å². The van der Waals surface area contributed by atoms with E-state index in [2.05, 4.69) is 172 Å².